The molecule has 25 heavy (non-hydrogen) atoms. The van der Waals surface area contributed by atoms with E-state index in [4.69, 9.17) is 9.26 Å². The molecule has 7 heteroatoms. The number of H-pyrrole nitrogens is 1. The minimum absolute atomic E-state index is 0.0716. The normalized spacial score (nSPS) is 10.9. The average Bonchev–Trinajstić information content (AvgIpc) is 3.28. The molecule has 0 saturated heterocycles. The van der Waals surface area contributed by atoms with Gasteiger partial charge in [-0.2, -0.15) is 0 Å². The molecule has 4 aromatic rings. The summed E-state index contributed by atoms with van der Waals surface area (Å²) in [6, 6.07) is 12.8. The molecule has 2 aromatic carbocycles. The van der Waals surface area contributed by atoms with Crippen molar-refractivity contribution in [1.82, 2.24) is 15.1 Å². The molecule has 0 radical (unpaired) electrons. The van der Waals surface area contributed by atoms with Crippen LogP contribution in [0.1, 0.15) is 16.1 Å². The topological polar surface area (TPSA) is 81.0 Å². The van der Waals surface area contributed by atoms with Crippen LogP contribution in [0.15, 0.2) is 59.4 Å². The van der Waals surface area contributed by atoms with Crippen LogP contribution >= 0.6 is 0 Å². The van der Waals surface area contributed by atoms with Crippen molar-refractivity contribution >= 4 is 17.0 Å². The summed E-state index contributed by atoms with van der Waals surface area (Å²) in [6.45, 7) is -0.0716. The maximum atomic E-state index is 13.7. The van der Waals surface area contributed by atoms with Crippen LogP contribution < -0.4 is 0 Å². The fourth-order valence-corrected chi connectivity index (χ4v) is 2.45. The van der Waals surface area contributed by atoms with Gasteiger partial charge in [0.25, 0.3) is 0 Å². The molecule has 1 N–H and O–H groups in total. The predicted octanol–water partition coefficient (Wildman–Crippen LogP) is 3.71. The van der Waals surface area contributed by atoms with Crippen LogP contribution in [-0.4, -0.2) is 21.1 Å². The van der Waals surface area contributed by atoms with E-state index in [9.17, 15) is 9.18 Å². The lowest BCUT2D eigenvalue weighted by Gasteiger charge is -2.02. The van der Waals surface area contributed by atoms with Crippen molar-refractivity contribution in [2.75, 3.05) is 0 Å². The van der Waals surface area contributed by atoms with Gasteiger partial charge < -0.3 is 14.2 Å². The van der Waals surface area contributed by atoms with Crippen LogP contribution in [0, 0.1) is 5.82 Å². The van der Waals surface area contributed by atoms with Gasteiger partial charge in [-0.25, -0.2) is 14.2 Å². The Kier molecular flexibility index (Phi) is 3.74. The van der Waals surface area contributed by atoms with E-state index in [1.165, 1.54) is 6.07 Å². The molecular weight excluding hydrogens is 325 g/mol. The number of ether oxygens (including phenoxy) is 1. The van der Waals surface area contributed by atoms with E-state index in [1.807, 2.05) is 0 Å². The fraction of sp³-hybridized carbons (Fsp3) is 0.0556. The van der Waals surface area contributed by atoms with Gasteiger partial charge in [0.1, 0.15) is 18.1 Å². The molecule has 0 spiro atoms. The third-order valence-corrected chi connectivity index (χ3v) is 3.71. The highest BCUT2D eigenvalue weighted by Gasteiger charge is 2.13. The summed E-state index contributed by atoms with van der Waals surface area (Å²) in [5, 5.41) is 3.81. The molecule has 124 valence electrons. The Balaban J connectivity index is 1.46. The first-order valence-corrected chi connectivity index (χ1v) is 7.51. The second-order valence-electron chi connectivity index (χ2n) is 5.37. The van der Waals surface area contributed by atoms with Gasteiger partial charge in [-0.1, -0.05) is 17.3 Å². The maximum absolute atomic E-state index is 13.7. The monoisotopic (exact) mass is 337 g/mol. The number of benzene rings is 2. The molecule has 2 heterocycles. The van der Waals surface area contributed by atoms with Crippen LogP contribution in [0.5, 0.6) is 0 Å². The van der Waals surface area contributed by atoms with E-state index >= 15 is 0 Å². The lowest BCUT2D eigenvalue weighted by atomic mass is 10.1. The number of imidazole rings is 1. The second kappa shape index (κ2) is 6.20. The Morgan fingerprint density at radius 3 is 2.96 bits per heavy atom. The van der Waals surface area contributed by atoms with Crippen molar-refractivity contribution in [3.05, 3.63) is 71.9 Å². The molecule has 0 bridgehead atoms. The number of halogens is 1. The lowest BCUT2D eigenvalue weighted by Crippen LogP contribution is -2.05. The first kappa shape index (κ1) is 15.1. The van der Waals surface area contributed by atoms with E-state index in [0.29, 0.717) is 16.8 Å². The van der Waals surface area contributed by atoms with E-state index in [-0.39, 0.29) is 12.4 Å². The largest absolute Gasteiger partial charge is 0.455 e. The summed E-state index contributed by atoms with van der Waals surface area (Å²) in [5.74, 6) is -0.620. The molecular formula is C18H12FN3O3. The van der Waals surface area contributed by atoms with Crippen molar-refractivity contribution in [1.29, 1.82) is 0 Å². The van der Waals surface area contributed by atoms with Crippen LogP contribution in [0.3, 0.4) is 0 Å². The molecule has 0 aliphatic rings. The lowest BCUT2D eigenvalue weighted by molar-refractivity contribution is 0.0464. The van der Waals surface area contributed by atoms with Gasteiger partial charge in [0, 0.05) is 6.07 Å². The minimum Gasteiger partial charge on any atom is -0.455 e. The number of esters is 1. The number of nitrogens with zero attached hydrogens (tertiary/aromatic N) is 2. The van der Waals surface area contributed by atoms with Gasteiger partial charge >= 0.3 is 5.97 Å². The van der Waals surface area contributed by atoms with E-state index < -0.39 is 11.8 Å². The first-order chi connectivity index (χ1) is 12.2. The Morgan fingerprint density at radius 1 is 1.20 bits per heavy atom. The molecule has 0 aliphatic heterocycles. The summed E-state index contributed by atoms with van der Waals surface area (Å²) in [7, 11) is 0. The van der Waals surface area contributed by atoms with Crippen LogP contribution in [0.25, 0.3) is 22.4 Å². The van der Waals surface area contributed by atoms with E-state index in [1.54, 1.807) is 48.8 Å². The molecule has 6 nitrogen and oxygen atoms in total. The number of aromatic amines is 1. The number of nitrogens with one attached hydrogen (secondary N) is 1. The van der Waals surface area contributed by atoms with E-state index in [0.717, 1.165) is 11.0 Å². The van der Waals surface area contributed by atoms with Crippen molar-refractivity contribution in [2.24, 2.45) is 0 Å². The Hall–Kier alpha value is -3.48. The molecule has 0 fully saturated rings. The number of hydrogen-bond donors (Lipinski definition) is 1. The SMILES string of the molecule is O=C(OCc1cc(-c2ccccc2F)on1)c1ccc2nc[nH]c2c1. The van der Waals surface area contributed by atoms with Crippen molar-refractivity contribution in [3.8, 4) is 11.3 Å². The highest BCUT2D eigenvalue weighted by atomic mass is 19.1. The molecule has 2 aromatic heterocycles. The minimum atomic E-state index is -0.494. The fourth-order valence-electron chi connectivity index (χ4n) is 2.45. The molecule has 0 unspecified atom stereocenters. The summed E-state index contributed by atoms with van der Waals surface area (Å²) >= 11 is 0. The number of carbonyl (C=O) groups is 1. The summed E-state index contributed by atoms with van der Waals surface area (Å²) in [4.78, 5) is 19.2. The first-order valence-electron chi connectivity index (χ1n) is 7.51. The number of aromatic nitrogens is 3. The van der Waals surface area contributed by atoms with Gasteiger partial charge in [-0.15, -0.1) is 0 Å². The smallest absolute Gasteiger partial charge is 0.338 e. The highest BCUT2D eigenvalue weighted by molar-refractivity contribution is 5.93. The third kappa shape index (κ3) is 2.99. The number of carbonyl (C=O) groups excluding carboxylic acids is 1. The van der Waals surface area contributed by atoms with Gasteiger partial charge in [0.2, 0.25) is 0 Å². The Bertz CT molecular complexity index is 1050. The van der Waals surface area contributed by atoms with Gasteiger partial charge in [0.05, 0.1) is 28.5 Å². The van der Waals surface area contributed by atoms with Crippen LogP contribution in [0.4, 0.5) is 4.39 Å². The maximum Gasteiger partial charge on any atom is 0.338 e. The number of fused-ring (bicyclic) bond motifs is 1. The van der Waals surface area contributed by atoms with E-state index in [2.05, 4.69) is 15.1 Å². The van der Waals surface area contributed by atoms with Gasteiger partial charge in [-0.3, -0.25) is 0 Å². The zero-order valence-electron chi connectivity index (χ0n) is 12.9. The quantitative estimate of drug-likeness (QED) is 0.574. The van der Waals surface area contributed by atoms with Crippen LogP contribution in [0.2, 0.25) is 0 Å². The van der Waals surface area contributed by atoms with Crippen molar-refractivity contribution < 1.29 is 18.4 Å². The van der Waals surface area contributed by atoms with Gasteiger partial charge in [-0.05, 0) is 30.3 Å². The zero-order valence-corrected chi connectivity index (χ0v) is 12.9. The standard InChI is InChI=1S/C18H12FN3O3/c19-14-4-2-1-3-13(14)17-8-12(22-25-17)9-24-18(23)11-5-6-15-16(7-11)21-10-20-15/h1-8,10H,9H2,(H,20,21). The molecule has 0 amide bonds. The summed E-state index contributed by atoms with van der Waals surface area (Å²) in [6.07, 6.45) is 1.55. The second-order valence-corrected chi connectivity index (χ2v) is 5.37. The Labute approximate surface area is 141 Å². The van der Waals surface area contributed by atoms with Crippen LogP contribution in [-0.2, 0) is 11.3 Å². The molecule has 0 aliphatic carbocycles. The number of hydrogen-bond acceptors (Lipinski definition) is 5. The average molecular weight is 337 g/mol. The summed E-state index contributed by atoms with van der Waals surface area (Å²) < 4.78 is 24.1. The molecule has 0 saturated carbocycles. The van der Waals surface area contributed by atoms with Gasteiger partial charge in [0.15, 0.2) is 5.76 Å². The third-order valence-electron chi connectivity index (χ3n) is 3.71. The highest BCUT2D eigenvalue weighted by Crippen LogP contribution is 2.23. The van der Waals surface area contributed by atoms with Crippen molar-refractivity contribution in [2.45, 2.75) is 6.61 Å². The van der Waals surface area contributed by atoms with Crippen molar-refractivity contribution in [3.63, 3.8) is 0 Å². The molecule has 0 atom stereocenters. The predicted molar refractivity (Wildman–Crippen MR) is 87.1 cm³/mol. The number of rotatable bonds is 4. The zero-order chi connectivity index (χ0) is 17.2. The summed E-state index contributed by atoms with van der Waals surface area (Å²) in [5.41, 5.74) is 2.61. The molecule has 4 rings (SSSR count). The Morgan fingerprint density at radius 2 is 2.08 bits per heavy atom.